The van der Waals surface area contributed by atoms with Crippen LogP contribution >= 0.6 is 0 Å². The van der Waals surface area contributed by atoms with Crippen LogP contribution in [-0.4, -0.2) is 29.4 Å². The Hall–Kier alpha value is -0.810. The molecule has 1 rings (SSSR count). The Morgan fingerprint density at radius 2 is 2.21 bits per heavy atom. The molecule has 0 radical (unpaired) electrons. The summed E-state index contributed by atoms with van der Waals surface area (Å²) in [5, 5.41) is 4.26. The van der Waals surface area contributed by atoms with Gasteiger partial charge in [0.1, 0.15) is 11.8 Å². The van der Waals surface area contributed by atoms with Crippen molar-refractivity contribution in [3.63, 3.8) is 0 Å². The van der Waals surface area contributed by atoms with E-state index < -0.39 is 11.7 Å². The van der Waals surface area contributed by atoms with Crippen LogP contribution in [0.5, 0.6) is 0 Å². The highest BCUT2D eigenvalue weighted by molar-refractivity contribution is 5.67. The van der Waals surface area contributed by atoms with Crippen molar-refractivity contribution in [1.82, 2.24) is 10.3 Å². The average Bonchev–Trinajstić information content (AvgIpc) is 2.51. The second kappa shape index (κ2) is 4.14. The number of nitrogens with two attached hydrogens (primary N) is 1. The SMILES string of the molecule is CC(C)(C)OC(=O)N(N)[C@@H]1CCCN1. The molecule has 1 saturated heterocycles. The van der Waals surface area contributed by atoms with Gasteiger partial charge in [0.05, 0.1) is 0 Å². The van der Waals surface area contributed by atoms with Crippen molar-refractivity contribution in [3.8, 4) is 0 Å². The van der Waals surface area contributed by atoms with Crippen LogP contribution in [0, 0.1) is 0 Å². The van der Waals surface area contributed by atoms with Gasteiger partial charge in [0, 0.05) is 0 Å². The number of carbonyl (C=O) groups excluding carboxylic acids is 1. The molecule has 0 spiro atoms. The van der Waals surface area contributed by atoms with Gasteiger partial charge in [0.2, 0.25) is 0 Å². The first-order chi connectivity index (χ1) is 6.40. The summed E-state index contributed by atoms with van der Waals surface area (Å²) >= 11 is 0. The number of rotatable bonds is 1. The van der Waals surface area contributed by atoms with Gasteiger partial charge in [-0.05, 0) is 40.2 Å². The minimum Gasteiger partial charge on any atom is -0.443 e. The lowest BCUT2D eigenvalue weighted by atomic mass is 10.2. The zero-order chi connectivity index (χ0) is 10.8. The van der Waals surface area contributed by atoms with Crippen molar-refractivity contribution in [2.75, 3.05) is 6.54 Å². The lowest BCUT2D eigenvalue weighted by Crippen LogP contribution is -2.51. The molecule has 0 saturated carbocycles. The number of hydrazine groups is 1. The molecular formula is C9H19N3O2. The van der Waals surface area contributed by atoms with E-state index in [9.17, 15) is 4.79 Å². The normalized spacial score (nSPS) is 22.1. The predicted octanol–water partition coefficient (Wildman–Crippen LogP) is 0.807. The van der Waals surface area contributed by atoms with Gasteiger partial charge in [-0.1, -0.05) is 0 Å². The second-order valence-corrected chi connectivity index (χ2v) is 4.50. The summed E-state index contributed by atoms with van der Waals surface area (Å²) < 4.78 is 5.13. The van der Waals surface area contributed by atoms with Crippen LogP contribution in [0.3, 0.4) is 0 Å². The van der Waals surface area contributed by atoms with E-state index in [2.05, 4.69) is 5.32 Å². The molecule has 0 bridgehead atoms. The van der Waals surface area contributed by atoms with Crippen molar-refractivity contribution in [3.05, 3.63) is 0 Å². The molecule has 0 aliphatic carbocycles. The van der Waals surface area contributed by atoms with Gasteiger partial charge in [0.25, 0.3) is 0 Å². The molecule has 1 atom stereocenters. The van der Waals surface area contributed by atoms with E-state index in [-0.39, 0.29) is 6.17 Å². The smallest absolute Gasteiger partial charge is 0.426 e. The molecule has 1 fully saturated rings. The molecule has 1 heterocycles. The Labute approximate surface area is 84.5 Å². The van der Waals surface area contributed by atoms with Crippen molar-refractivity contribution in [2.24, 2.45) is 5.84 Å². The molecule has 3 N–H and O–H groups in total. The Bertz CT molecular complexity index is 207. The summed E-state index contributed by atoms with van der Waals surface area (Å²) in [5.74, 6) is 5.63. The third kappa shape index (κ3) is 3.16. The first-order valence-electron chi connectivity index (χ1n) is 4.90. The van der Waals surface area contributed by atoms with Crippen molar-refractivity contribution < 1.29 is 9.53 Å². The highest BCUT2D eigenvalue weighted by atomic mass is 16.6. The molecular weight excluding hydrogens is 182 g/mol. The number of hydrogen-bond donors (Lipinski definition) is 2. The van der Waals surface area contributed by atoms with E-state index in [0.717, 1.165) is 24.4 Å². The monoisotopic (exact) mass is 201 g/mol. The fraction of sp³-hybridized carbons (Fsp3) is 0.889. The molecule has 1 aliphatic rings. The van der Waals surface area contributed by atoms with E-state index in [4.69, 9.17) is 10.6 Å². The molecule has 0 unspecified atom stereocenters. The molecule has 0 aromatic rings. The fourth-order valence-electron chi connectivity index (χ4n) is 1.35. The van der Waals surface area contributed by atoms with E-state index in [1.54, 1.807) is 0 Å². The summed E-state index contributed by atoms with van der Waals surface area (Å²) in [5.41, 5.74) is -0.493. The minimum atomic E-state index is -0.493. The van der Waals surface area contributed by atoms with E-state index in [1.165, 1.54) is 0 Å². The first kappa shape index (κ1) is 11.3. The second-order valence-electron chi connectivity index (χ2n) is 4.50. The van der Waals surface area contributed by atoms with Crippen LogP contribution in [0.4, 0.5) is 4.79 Å². The summed E-state index contributed by atoms with van der Waals surface area (Å²) in [4.78, 5) is 11.5. The maximum absolute atomic E-state index is 11.5. The zero-order valence-corrected chi connectivity index (χ0v) is 9.04. The molecule has 5 heteroatoms. The topological polar surface area (TPSA) is 67.6 Å². The average molecular weight is 201 g/mol. The van der Waals surface area contributed by atoms with Gasteiger partial charge in [-0.25, -0.2) is 15.6 Å². The third-order valence-corrected chi connectivity index (χ3v) is 1.97. The lowest BCUT2D eigenvalue weighted by molar-refractivity contribution is 0.0141. The molecule has 0 aromatic heterocycles. The van der Waals surface area contributed by atoms with Crippen LogP contribution in [-0.2, 0) is 4.74 Å². The van der Waals surface area contributed by atoms with Gasteiger partial charge in [-0.2, -0.15) is 0 Å². The van der Waals surface area contributed by atoms with Crippen molar-refractivity contribution >= 4 is 6.09 Å². The third-order valence-electron chi connectivity index (χ3n) is 1.97. The maximum atomic E-state index is 11.5. The number of amides is 1. The largest absolute Gasteiger partial charge is 0.443 e. The summed E-state index contributed by atoms with van der Waals surface area (Å²) in [6, 6.07) is 0. The molecule has 0 aromatic carbocycles. The highest BCUT2D eigenvalue weighted by Crippen LogP contribution is 2.12. The summed E-state index contributed by atoms with van der Waals surface area (Å²) in [6.07, 6.45) is 1.37. The quantitative estimate of drug-likeness (QED) is 0.374. The van der Waals surface area contributed by atoms with Gasteiger partial charge in [0.15, 0.2) is 0 Å². The van der Waals surface area contributed by atoms with Crippen LogP contribution < -0.4 is 11.2 Å². The van der Waals surface area contributed by atoms with Gasteiger partial charge in [-0.3, -0.25) is 5.32 Å². The van der Waals surface area contributed by atoms with Crippen LogP contribution in [0.25, 0.3) is 0 Å². The van der Waals surface area contributed by atoms with Crippen LogP contribution in [0.2, 0.25) is 0 Å². The van der Waals surface area contributed by atoms with Gasteiger partial charge >= 0.3 is 6.09 Å². The molecule has 1 aliphatic heterocycles. The molecule has 14 heavy (non-hydrogen) atoms. The highest BCUT2D eigenvalue weighted by Gasteiger charge is 2.27. The Kier molecular flexibility index (Phi) is 3.34. The van der Waals surface area contributed by atoms with E-state index >= 15 is 0 Å². The molecule has 82 valence electrons. The van der Waals surface area contributed by atoms with Crippen molar-refractivity contribution in [1.29, 1.82) is 0 Å². The van der Waals surface area contributed by atoms with Gasteiger partial charge in [-0.15, -0.1) is 0 Å². The number of ether oxygens (including phenoxy) is 1. The fourth-order valence-corrected chi connectivity index (χ4v) is 1.35. The zero-order valence-electron chi connectivity index (χ0n) is 9.04. The van der Waals surface area contributed by atoms with E-state index in [0.29, 0.717) is 0 Å². The molecule has 1 amide bonds. The Balaban J connectivity index is 2.43. The van der Waals surface area contributed by atoms with Crippen LogP contribution in [0.15, 0.2) is 0 Å². The number of nitrogens with one attached hydrogen (secondary N) is 1. The van der Waals surface area contributed by atoms with Crippen LogP contribution in [0.1, 0.15) is 33.6 Å². The van der Waals surface area contributed by atoms with Gasteiger partial charge < -0.3 is 4.74 Å². The minimum absolute atomic E-state index is 0.0788. The number of nitrogens with zero attached hydrogens (tertiary/aromatic N) is 1. The van der Waals surface area contributed by atoms with Crippen molar-refractivity contribution in [2.45, 2.75) is 45.4 Å². The lowest BCUT2D eigenvalue weighted by Gasteiger charge is -2.27. The van der Waals surface area contributed by atoms with E-state index in [1.807, 2.05) is 20.8 Å². The summed E-state index contributed by atoms with van der Waals surface area (Å²) in [7, 11) is 0. The number of hydrogen-bond acceptors (Lipinski definition) is 4. The standard InChI is InChI=1S/C9H19N3O2/c1-9(2,3)14-8(13)12(10)7-5-4-6-11-7/h7,11H,4-6,10H2,1-3H3/t7-/m1/s1. The Morgan fingerprint density at radius 3 is 2.64 bits per heavy atom. The first-order valence-corrected chi connectivity index (χ1v) is 4.90. The number of carbonyl (C=O) groups is 1. The predicted molar refractivity (Wildman–Crippen MR) is 53.3 cm³/mol. The Morgan fingerprint density at radius 1 is 1.57 bits per heavy atom. The summed E-state index contributed by atoms with van der Waals surface area (Å²) in [6.45, 7) is 6.36. The molecule has 5 nitrogen and oxygen atoms in total. The maximum Gasteiger partial charge on any atom is 0.426 e.